The molecular formula is C22H13F3O6S. The van der Waals surface area contributed by atoms with Crippen LogP contribution < -0.4 is 8.92 Å². The Labute approximate surface area is 180 Å². The molecule has 0 amide bonds. The molecule has 1 aliphatic rings. The molecule has 0 spiro atoms. The number of alkyl halides is 3. The first-order chi connectivity index (χ1) is 15.0. The SMILES string of the molecule is COc1ccc(-c2cc(OS(=O)(=O)C(F)(F)F)cc3c2C(=O)c2ccccc2C3=O)cc1. The van der Waals surface area contributed by atoms with Crippen LogP contribution in [0.2, 0.25) is 0 Å². The zero-order valence-corrected chi connectivity index (χ0v) is 17.1. The number of rotatable bonds is 4. The van der Waals surface area contributed by atoms with Gasteiger partial charge >= 0.3 is 15.6 Å². The van der Waals surface area contributed by atoms with Crippen molar-refractivity contribution < 1.29 is 40.1 Å². The van der Waals surface area contributed by atoms with Gasteiger partial charge < -0.3 is 8.92 Å². The van der Waals surface area contributed by atoms with Gasteiger partial charge in [-0.2, -0.15) is 21.6 Å². The lowest BCUT2D eigenvalue weighted by Crippen LogP contribution is -2.28. The smallest absolute Gasteiger partial charge is 0.497 e. The van der Waals surface area contributed by atoms with Crippen molar-refractivity contribution in [3.63, 3.8) is 0 Å². The van der Waals surface area contributed by atoms with Gasteiger partial charge in [-0.3, -0.25) is 9.59 Å². The van der Waals surface area contributed by atoms with Crippen molar-refractivity contribution in [3.8, 4) is 22.6 Å². The molecule has 0 saturated heterocycles. The molecule has 0 N–H and O–H groups in total. The molecule has 0 saturated carbocycles. The molecule has 6 nitrogen and oxygen atoms in total. The summed E-state index contributed by atoms with van der Waals surface area (Å²) in [7, 11) is -4.56. The molecule has 3 aromatic carbocycles. The van der Waals surface area contributed by atoms with Crippen LogP contribution in [0.3, 0.4) is 0 Å². The minimum absolute atomic E-state index is 0.0466. The van der Waals surface area contributed by atoms with Crippen molar-refractivity contribution in [2.24, 2.45) is 0 Å². The van der Waals surface area contributed by atoms with E-state index < -0.39 is 32.9 Å². The summed E-state index contributed by atoms with van der Waals surface area (Å²) in [6.07, 6.45) is 0. The van der Waals surface area contributed by atoms with Crippen LogP contribution in [0.5, 0.6) is 11.5 Å². The normalized spacial score (nSPS) is 13.4. The van der Waals surface area contributed by atoms with E-state index >= 15 is 0 Å². The van der Waals surface area contributed by atoms with Gasteiger partial charge in [0.1, 0.15) is 11.5 Å². The van der Waals surface area contributed by atoms with E-state index in [2.05, 4.69) is 4.18 Å². The maximum Gasteiger partial charge on any atom is 0.534 e. The number of hydrogen-bond acceptors (Lipinski definition) is 6. The van der Waals surface area contributed by atoms with Crippen molar-refractivity contribution in [2.45, 2.75) is 5.51 Å². The molecule has 0 atom stereocenters. The van der Waals surface area contributed by atoms with Crippen LogP contribution in [0, 0.1) is 0 Å². The summed E-state index contributed by atoms with van der Waals surface area (Å²) < 4.78 is 71.0. The molecule has 0 aliphatic heterocycles. The van der Waals surface area contributed by atoms with Crippen LogP contribution in [-0.4, -0.2) is 32.6 Å². The highest BCUT2D eigenvalue weighted by Gasteiger charge is 2.49. The fraction of sp³-hybridized carbons (Fsp3) is 0.0909. The Kier molecular flexibility index (Phi) is 5.04. The van der Waals surface area contributed by atoms with E-state index in [1.54, 1.807) is 18.2 Å². The maximum atomic E-state index is 13.2. The van der Waals surface area contributed by atoms with Gasteiger partial charge in [0.05, 0.1) is 7.11 Å². The third-order valence-corrected chi connectivity index (χ3v) is 5.87. The summed E-state index contributed by atoms with van der Waals surface area (Å²) in [6.45, 7) is 0. The second-order valence-corrected chi connectivity index (χ2v) is 8.35. The molecule has 0 fully saturated rings. The van der Waals surface area contributed by atoms with Gasteiger partial charge in [-0.05, 0) is 35.4 Å². The van der Waals surface area contributed by atoms with Crippen LogP contribution >= 0.6 is 0 Å². The molecule has 164 valence electrons. The number of hydrogen-bond donors (Lipinski definition) is 0. The second-order valence-electron chi connectivity index (χ2n) is 6.81. The number of ketones is 2. The van der Waals surface area contributed by atoms with Crippen LogP contribution in [0.25, 0.3) is 11.1 Å². The minimum Gasteiger partial charge on any atom is -0.497 e. The number of carbonyl (C=O) groups is 2. The van der Waals surface area contributed by atoms with Crippen molar-refractivity contribution >= 4 is 21.7 Å². The molecule has 4 rings (SSSR count). The van der Waals surface area contributed by atoms with Gasteiger partial charge in [-0.15, -0.1) is 0 Å². The predicted octanol–water partition coefficient (Wildman–Crippen LogP) is 4.37. The van der Waals surface area contributed by atoms with E-state index in [0.717, 1.165) is 12.1 Å². The number of methoxy groups -OCH3 is 1. The van der Waals surface area contributed by atoms with Gasteiger partial charge in [0.25, 0.3) is 0 Å². The standard InChI is InChI=1S/C22H13F3O6S/c1-30-13-8-6-12(7-9-13)17-10-14(31-32(28,29)22(23,24)25)11-18-19(17)21(27)16-5-3-2-4-15(16)20(18)26/h2-11H,1H3. The van der Waals surface area contributed by atoms with Gasteiger partial charge in [-0.1, -0.05) is 36.4 Å². The quantitative estimate of drug-likeness (QED) is 0.331. The highest BCUT2D eigenvalue weighted by atomic mass is 32.2. The van der Waals surface area contributed by atoms with E-state index in [4.69, 9.17) is 4.74 Å². The van der Waals surface area contributed by atoms with E-state index in [-0.39, 0.29) is 27.8 Å². The van der Waals surface area contributed by atoms with Crippen molar-refractivity contribution in [3.05, 3.63) is 82.9 Å². The molecule has 3 aromatic rings. The van der Waals surface area contributed by atoms with Gasteiger partial charge in [0, 0.05) is 22.3 Å². The molecule has 0 unspecified atom stereocenters. The third-order valence-electron chi connectivity index (χ3n) is 4.89. The van der Waals surface area contributed by atoms with Crippen LogP contribution in [0.4, 0.5) is 13.2 Å². The van der Waals surface area contributed by atoms with Crippen molar-refractivity contribution in [1.29, 1.82) is 0 Å². The average molecular weight is 462 g/mol. The van der Waals surface area contributed by atoms with Crippen molar-refractivity contribution in [1.82, 2.24) is 0 Å². The fourth-order valence-electron chi connectivity index (χ4n) is 3.42. The first kappa shape index (κ1) is 21.6. The number of ether oxygens (including phenoxy) is 1. The van der Waals surface area contributed by atoms with E-state index in [1.807, 2.05) is 0 Å². The second kappa shape index (κ2) is 7.49. The lowest BCUT2D eigenvalue weighted by atomic mass is 9.80. The van der Waals surface area contributed by atoms with Crippen LogP contribution in [0.15, 0.2) is 60.7 Å². The summed E-state index contributed by atoms with van der Waals surface area (Å²) in [5.41, 5.74) is -5.40. The molecule has 1 aliphatic carbocycles. The maximum absolute atomic E-state index is 13.2. The Morgan fingerprint density at radius 2 is 1.31 bits per heavy atom. The lowest BCUT2D eigenvalue weighted by Gasteiger charge is -2.22. The first-order valence-electron chi connectivity index (χ1n) is 9.05. The van der Waals surface area contributed by atoms with E-state index in [1.165, 1.54) is 37.4 Å². The first-order valence-corrected chi connectivity index (χ1v) is 10.5. The largest absolute Gasteiger partial charge is 0.534 e. The average Bonchev–Trinajstić information content (AvgIpc) is 2.76. The summed E-state index contributed by atoms with van der Waals surface area (Å²) >= 11 is 0. The number of carbonyl (C=O) groups excluding carboxylic acids is 2. The zero-order chi connectivity index (χ0) is 23.3. The molecule has 10 heteroatoms. The highest BCUT2D eigenvalue weighted by molar-refractivity contribution is 7.88. The predicted molar refractivity (Wildman–Crippen MR) is 107 cm³/mol. The number of benzene rings is 3. The summed E-state index contributed by atoms with van der Waals surface area (Å²) in [5.74, 6) is -1.43. The third kappa shape index (κ3) is 3.52. The Hall–Kier alpha value is -3.66. The lowest BCUT2D eigenvalue weighted by molar-refractivity contribution is -0.0500. The molecule has 0 heterocycles. The number of halogens is 3. The number of fused-ring (bicyclic) bond motifs is 2. The monoisotopic (exact) mass is 462 g/mol. The molecular weight excluding hydrogens is 449 g/mol. The van der Waals surface area contributed by atoms with Crippen LogP contribution in [-0.2, 0) is 10.1 Å². The van der Waals surface area contributed by atoms with Gasteiger partial charge in [0.2, 0.25) is 0 Å². The fourth-order valence-corrected chi connectivity index (χ4v) is 3.86. The topological polar surface area (TPSA) is 86.7 Å². The molecule has 0 bridgehead atoms. The highest BCUT2D eigenvalue weighted by Crippen LogP contribution is 2.39. The van der Waals surface area contributed by atoms with Crippen molar-refractivity contribution in [2.75, 3.05) is 7.11 Å². The summed E-state index contributed by atoms with van der Waals surface area (Å²) in [6, 6.07) is 14.0. The minimum atomic E-state index is -5.99. The van der Waals surface area contributed by atoms with Gasteiger partial charge in [-0.25, -0.2) is 0 Å². The molecule has 32 heavy (non-hydrogen) atoms. The molecule has 0 radical (unpaired) electrons. The van der Waals surface area contributed by atoms with E-state index in [9.17, 15) is 31.2 Å². The molecule has 0 aromatic heterocycles. The van der Waals surface area contributed by atoms with E-state index in [0.29, 0.717) is 11.3 Å². The van der Waals surface area contributed by atoms with Gasteiger partial charge in [0.15, 0.2) is 11.6 Å². The van der Waals surface area contributed by atoms with Crippen LogP contribution in [0.1, 0.15) is 31.8 Å². The summed E-state index contributed by atoms with van der Waals surface area (Å²) in [5, 5.41) is 0. The Bertz CT molecular complexity index is 1360. The Morgan fingerprint density at radius 1 is 0.750 bits per heavy atom. The summed E-state index contributed by atoms with van der Waals surface area (Å²) in [4.78, 5) is 26.3. The Morgan fingerprint density at radius 3 is 1.88 bits per heavy atom. The zero-order valence-electron chi connectivity index (χ0n) is 16.3. The Balaban J connectivity index is 1.97.